The summed E-state index contributed by atoms with van der Waals surface area (Å²) in [6, 6.07) is 3.93. The molecule has 1 saturated carbocycles. The number of carbonyl (C=O) groups is 3. The van der Waals surface area contributed by atoms with Gasteiger partial charge in [-0.3, -0.25) is 9.59 Å². The van der Waals surface area contributed by atoms with E-state index in [1.165, 1.54) is 12.0 Å². The van der Waals surface area contributed by atoms with Crippen molar-refractivity contribution in [3.8, 4) is 11.6 Å². The van der Waals surface area contributed by atoms with Crippen LogP contribution < -0.4 is 9.47 Å². The fourth-order valence-corrected chi connectivity index (χ4v) is 7.48. The van der Waals surface area contributed by atoms with Crippen LogP contribution in [-0.4, -0.2) is 77.6 Å². The van der Waals surface area contributed by atoms with Crippen LogP contribution in [0, 0.1) is 23.2 Å². The van der Waals surface area contributed by atoms with E-state index in [0.29, 0.717) is 62.9 Å². The Balaban J connectivity index is 1.40. The molecule has 10 nitrogen and oxygen atoms in total. The predicted molar refractivity (Wildman–Crippen MR) is 162 cm³/mol. The van der Waals surface area contributed by atoms with Crippen molar-refractivity contribution in [3.63, 3.8) is 0 Å². The molecule has 250 valence electrons. The van der Waals surface area contributed by atoms with Crippen molar-refractivity contribution in [3.05, 3.63) is 23.9 Å². The van der Waals surface area contributed by atoms with Crippen LogP contribution in [0.3, 0.4) is 0 Å². The van der Waals surface area contributed by atoms with Crippen LogP contribution >= 0.6 is 0 Å². The van der Waals surface area contributed by atoms with Crippen LogP contribution in [0.25, 0.3) is 11.0 Å². The number of nitrogens with zero attached hydrogens (tertiary/aromatic N) is 3. The van der Waals surface area contributed by atoms with Crippen molar-refractivity contribution in [2.75, 3.05) is 26.9 Å². The largest absolute Gasteiger partial charge is 0.497 e. The first kappa shape index (κ1) is 32.5. The third kappa shape index (κ3) is 6.16. The quantitative estimate of drug-likeness (QED) is 0.327. The van der Waals surface area contributed by atoms with Gasteiger partial charge in [0.2, 0.25) is 11.8 Å². The molecule has 6 atom stereocenters. The van der Waals surface area contributed by atoms with Crippen LogP contribution in [0.5, 0.6) is 11.6 Å². The molecule has 1 aliphatic carbocycles. The van der Waals surface area contributed by atoms with E-state index in [2.05, 4.69) is 9.97 Å². The molecule has 6 rings (SSSR count). The number of methoxy groups -OCH3 is 1. The molecule has 0 N–H and O–H groups in total. The lowest BCUT2D eigenvalue weighted by Gasteiger charge is -2.41. The molecule has 4 aliphatic rings. The molecular weight excluding hydrogens is 600 g/mol. The number of halogens is 2. The number of hydrogen-bond acceptors (Lipinski definition) is 9. The van der Waals surface area contributed by atoms with Gasteiger partial charge in [0.1, 0.15) is 23.7 Å². The second-order valence-corrected chi connectivity index (χ2v) is 14.0. The molecule has 2 aromatic rings. The van der Waals surface area contributed by atoms with Gasteiger partial charge in [-0.25, -0.2) is 9.97 Å². The van der Waals surface area contributed by atoms with E-state index in [-0.39, 0.29) is 42.6 Å². The van der Waals surface area contributed by atoms with E-state index >= 15 is 8.78 Å². The normalized spacial score (nSPS) is 33.1. The molecule has 4 heterocycles. The topological polar surface area (TPSA) is 117 Å². The summed E-state index contributed by atoms with van der Waals surface area (Å²) in [6.45, 7) is 6.48. The van der Waals surface area contributed by atoms with Crippen molar-refractivity contribution in [2.45, 2.75) is 95.8 Å². The number of rotatable bonds is 3. The highest BCUT2D eigenvalue weighted by Gasteiger charge is 2.55. The van der Waals surface area contributed by atoms with Crippen LogP contribution in [0.15, 0.2) is 18.2 Å². The molecule has 46 heavy (non-hydrogen) atoms. The van der Waals surface area contributed by atoms with E-state index in [4.69, 9.17) is 18.9 Å². The van der Waals surface area contributed by atoms with Gasteiger partial charge in [0.25, 0.3) is 5.92 Å². The third-order valence-corrected chi connectivity index (χ3v) is 10.9. The molecule has 3 fully saturated rings. The summed E-state index contributed by atoms with van der Waals surface area (Å²) in [5.74, 6) is -5.25. The molecule has 2 saturated heterocycles. The molecule has 12 heteroatoms. The number of fused-ring (bicyclic) bond motifs is 5. The molecule has 2 bridgehead atoms. The van der Waals surface area contributed by atoms with E-state index in [1.54, 1.807) is 25.1 Å². The van der Waals surface area contributed by atoms with Crippen molar-refractivity contribution in [1.29, 1.82) is 0 Å². The Morgan fingerprint density at radius 2 is 1.83 bits per heavy atom. The molecule has 1 amide bonds. The summed E-state index contributed by atoms with van der Waals surface area (Å²) in [4.78, 5) is 50.6. The maximum Gasteiger partial charge on any atom is 0.307 e. The van der Waals surface area contributed by atoms with Crippen LogP contribution in [0.1, 0.15) is 77.8 Å². The Morgan fingerprint density at radius 1 is 1.07 bits per heavy atom. The van der Waals surface area contributed by atoms with Crippen LogP contribution in [0.2, 0.25) is 0 Å². The summed E-state index contributed by atoms with van der Waals surface area (Å²) in [6.07, 6.45) is 2.46. The first-order valence-electron chi connectivity index (χ1n) is 16.3. The number of hydrogen-bond donors (Lipinski definition) is 0. The van der Waals surface area contributed by atoms with E-state index in [0.717, 1.165) is 0 Å². The average molecular weight is 644 g/mol. The van der Waals surface area contributed by atoms with E-state index in [1.807, 2.05) is 13.8 Å². The second kappa shape index (κ2) is 12.3. The smallest absolute Gasteiger partial charge is 0.307 e. The van der Waals surface area contributed by atoms with Crippen LogP contribution in [0.4, 0.5) is 8.78 Å². The fourth-order valence-electron chi connectivity index (χ4n) is 7.48. The predicted octanol–water partition coefficient (Wildman–Crippen LogP) is 5.24. The molecule has 0 radical (unpaired) electrons. The number of carbonyl (C=O) groups excluding carboxylic acids is 3. The molecular formula is C34H43F2N3O7. The van der Waals surface area contributed by atoms with Gasteiger partial charge in [-0.05, 0) is 56.6 Å². The Kier molecular flexibility index (Phi) is 8.71. The highest BCUT2D eigenvalue weighted by Crippen LogP contribution is 2.51. The van der Waals surface area contributed by atoms with Crippen molar-refractivity contribution in [1.82, 2.24) is 14.9 Å². The number of aromatic nitrogens is 2. The van der Waals surface area contributed by atoms with Gasteiger partial charge in [-0.1, -0.05) is 20.3 Å². The van der Waals surface area contributed by atoms with Crippen molar-refractivity contribution < 1.29 is 42.1 Å². The Morgan fingerprint density at radius 3 is 2.54 bits per heavy atom. The van der Waals surface area contributed by atoms with Gasteiger partial charge in [0.15, 0.2) is 5.69 Å². The zero-order valence-corrected chi connectivity index (χ0v) is 26.9. The lowest BCUT2D eigenvalue weighted by atomic mass is 9.69. The number of amides is 1. The molecule has 1 aromatic heterocycles. The van der Waals surface area contributed by atoms with Gasteiger partial charge in [-0.2, -0.15) is 8.78 Å². The first-order valence-corrected chi connectivity index (χ1v) is 16.3. The number of esters is 1. The highest BCUT2D eigenvalue weighted by atomic mass is 19.3. The summed E-state index contributed by atoms with van der Waals surface area (Å²) in [7, 11) is 1.50. The molecule has 0 unspecified atom stereocenters. The van der Waals surface area contributed by atoms with Crippen molar-refractivity contribution in [2.24, 2.45) is 23.2 Å². The van der Waals surface area contributed by atoms with Gasteiger partial charge in [0.05, 0.1) is 43.1 Å². The zero-order chi connectivity index (χ0) is 32.9. The molecule has 1 aromatic carbocycles. The minimum atomic E-state index is -3.36. The SMILES string of the molecule is COc1ccc2nc3c(nc2c1)O[C@H]1CN(C(=O)[C@H](C2(C)CCOCC2)CC(=O)O[C@]2(C)C[C@H]2CCCCC3(F)F)[C@H](C=O)[C@@H]1C. The molecule has 0 spiro atoms. The summed E-state index contributed by atoms with van der Waals surface area (Å²) in [5, 5.41) is 0. The summed E-state index contributed by atoms with van der Waals surface area (Å²) in [5.41, 5.74) is -1.22. The zero-order valence-electron chi connectivity index (χ0n) is 26.9. The van der Waals surface area contributed by atoms with Gasteiger partial charge in [-0.15, -0.1) is 0 Å². The van der Waals surface area contributed by atoms with Crippen LogP contribution in [-0.2, 0) is 29.8 Å². The van der Waals surface area contributed by atoms with E-state index < -0.39 is 59.0 Å². The number of ether oxygens (including phenoxy) is 4. The Bertz CT molecular complexity index is 1500. The van der Waals surface area contributed by atoms with Gasteiger partial charge >= 0.3 is 5.97 Å². The number of aldehydes is 1. The standard InChI is InChI=1S/C34H43F2N3O7/c1-20-26(19-40)39-18-27(20)45-30-29(37-24-9-8-22(43-4)15-25(24)38-30)34(35,36)10-6-5-7-21-17-33(21,3)46-28(41)16-23(31(39)42)32(2)11-13-44-14-12-32/h8-9,15,19-21,23,26-27H,5-7,10-14,16-18H2,1-4H3/t20-,21+,23+,26+,27-,33+/m0/s1. The lowest BCUT2D eigenvalue weighted by Crippen LogP contribution is -2.49. The summed E-state index contributed by atoms with van der Waals surface area (Å²) >= 11 is 0. The lowest BCUT2D eigenvalue weighted by molar-refractivity contribution is -0.160. The minimum Gasteiger partial charge on any atom is -0.497 e. The van der Waals surface area contributed by atoms with Gasteiger partial charge < -0.3 is 28.6 Å². The monoisotopic (exact) mass is 643 g/mol. The maximum atomic E-state index is 16.0. The Hall–Kier alpha value is -3.41. The maximum absolute atomic E-state index is 16.0. The van der Waals surface area contributed by atoms with E-state index in [9.17, 15) is 14.4 Å². The highest BCUT2D eigenvalue weighted by molar-refractivity contribution is 5.87. The number of alkyl halides is 2. The summed E-state index contributed by atoms with van der Waals surface area (Å²) < 4.78 is 55.1. The Labute approximate surface area is 267 Å². The minimum absolute atomic E-state index is 0.0375. The fraction of sp³-hybridized carbons (Fsp3) is 0.676. The first-order chi connectivity index (χ1) is 21.9. The molecule has 3 aliphatic heterocycles. The van der Waals surface area contributed by atoms with Gasteiger partial charge in [0, 0.05) is 37.5 Å². The average Bonchev–Trinajstić information content (AvgIpc) is 3.55. The number of benzene rings is 1. The van der Waals surface area contributed by atoms with Crippen molar-refractivity contribution >= 4 is 29.2 Å². The second-order valence-electron chi connectivity index (χ2n) is 14.0. The third-order valence-electron chi connectivity index (χ3n) is 10.9.